The second-order valence-electron chi connectivity index (χ2n) is 6.86. The number of nitrogens with zero attached hydrogens (tertiary/aromatic N) is 1. The fourth-order valence-corrected chi connectivity index (χ4v) is 3.55. The van der Waals surface area contributed by atoms with Gasteiger partial charge in [-0.25, -0.2) is 9.59 Å². The molecule has 2 amide bonds. The highest BCUT2D eigenvalue weighted by Gasteiger charge is 2.34. The average molecular weight is 414 g/mol. The number of hydrogen-bond donors (Lipinski definition) is 2. The molecule has 0 fully saturated rings. The van der Waals surface area contributed by atoms with E-state index in [1.165, 1.54) is 0 Å². The monoisotopic (exact) mass is 413 g/mol. The number of hydrogen-bond acceptors (Lipinski definition) is 4. The molecule has 1 aliphatic heterocycles. The summed E-state index contributed by atoms with van der Waals surface area (Å²) >= 11 is 6.13. The number of benzene rings is 2. The van der Waals surface area contributed by atoms with Crippen LogP contribution < -0.4 is 10.6 Å². The van der Waals surface area contributed by atoms with Gasteiger partial charge in [0.1, 0.15) is 0 Å². The number of esters is 1. The number of nitrogens with one attached hydrogen (secondary N) is 2. The minimum absolute atomic E-state index is 0.242. The van der Waals surface area contributed by atoms with E-state index in [1.807, 2.05) is 48.3 Å². The average Bonchev–Trinajstić information content (AvgIpc) is 2.68. The van der Waals surface area contributed by atoms with Crippen LogP contribution in [0.1, 0.15) is 24.1 Å². The van der Waals surface area contributed by atoms with E-state index < -0.39 is 12.0 Å². The first-order valence-corrected chi connectivity index (χ1v) is 9.81. The van der Waals surface area contributed by atoms with Gasteiger partial charge in [0.2, 0.25) is 0 Å². The second-order valence-corrected chi connectivity index (χ2v) is 7.29. The molecule has 0 radical (unpaired) electrons. The summed E-state index contributed by atoms with van der Waals surface area (Å²) < 4.78 is 5.29. The standard InChI is InChI=1S/C22H24ClN3O3/c1-3-29-21(27)19-18(14-26(2)13-15-8-5-4-6-9-15)24-22(28)25-20(19)16-10-7-11-17(23)12-16/h4-12,20H,3,13-14H2,1-2H3,(H2,24,25,28)/t20-/m1/s1. The van der Waals surface area contributed by atoms with Crippen LogP contribution in [0.3, 0.4) is 0 Å². The molecule has 1 aliphatic rings. The van der Waals surface area contributed by atoms with Crippen molar-refractivity contribution in [3.05, 3.63) is 82.0 Å². The summed E-state index contributed by atoms with van der Waals surface area (Å²) in [5.41, 5.74) is 2.77. The highest BCUT2D eigenvalue weighted by atomic mass is 35.5. The van der Waals surface area contributed by atoms with Crippen molar-refractivity contribution in [1.29, 1.82) is 0 Å². The lowest BCUT2D eigenvalue weighted by Crippen LogP contribution is -2.48. The van der Waals surface area contributed by atoms with Crippen molar-refractivity contribution in [3.8, 4) is 0 Å². The topological polar surface area (TPSA) is 70.7 Å². The Labute approximate surface area is 175 Å². The molecule has 29 heavy (non-hydrogen) atoms. The van der Waals surface area contributed by atoms with Gasteiger partial charge in [0, 0.05) is 23.8 Å². The van der Waals surface area contributed by atoms with Crippen molar-refractivity contribution < 1.29 is 14.3 Å². The Bertz CT molecular complexity index is 915. The molecule has 1 atom stereocenters. The first-order chi connectivity index (χ1) is 14.0. The van der Waals surface area contributed by atoms with Crippen LogP contribution >= 0.6 is 11.6 Å². The maximum absolute atomic E-state index is 12.8. The van der Waals surface area contributed by atoms with Gasteiger partial charge in [-0.1, -0.05) is 54.1 Å². The highest BCUT2D eigenvalue weighted by molar-refractivity contribution is 6.30. The van der Waals surface area contributed by atoms with Crippen molar-refractivity contribution in [2.75, 3.05) is 20.2 Å². The van der Waals surface area contributed by atoms with E-state index in [9.17, 15) is 9.59 Å². The molecule has 3 rings (SSSR count). The predicted molar refractivity (Wildman–Crippen MR) is 112 cm³/mol. The van der Waals surface area contributed by atoms with Crippen molar-refractivity contribution in [2.45, 2.75) is 19.5 Å². The van der Waals surface area contributed by atoms with Gasteiger partial charge >= 0.3 is 12.0 Å². The molecule has 0 aromatic heterocycles. The number of amides is 2. The predicted octanol–water partition coefficient (Wildman–Crippen LogP) is 3.64. The maximum Gasteiger partial charge on any atom is 0.338 e. The molecule has 2 N–H and O–H groups in total. The summed E-state index contributed by atoms with van der Waals surface area (Å²) in [6.45, 7) is 3.05. The van der Waals surface area contributed by atoms with Crippen LogP contribution in [0, 0.1) is 0 Å². The molecule has 0 spiro atoms. The Morgan fingerprint density at radius 2 is 1.90 bits per heavy atom. The summed E-state index contributed by atoms with van der Waals surface area (Å²) in [6.07, 6.45) is 0. The zero-order valence-electron chi connectivity index (χ0n) is 16.4. The molecule has 0 unspecified atom stereocenters. The second kappa shape index (κ2) is 9.58. The number of ether oxygens (including phenoxy) is 1. The summed E-state index contributed by atoms with van der Waals surface area (Å²) in [6, 6.07) is 16.1. The molecule has 1 heterocycles. The van der Waals surface area contributed by atoms with E-state index in [0.29, 0.717) is 29.4 Å². The fourth-order valence-electron chi connectivity index (χ4n) is 3.35. The molecule has 152 valence electrons. The van der Waals surface area contributed by atoms with Gasteiger partial charge in [-0.05, 0) is 37.2 Å². The van der Waals surface area contributed by atoms with E-state index in [4.69, 9.17) is 16.3 Å². The Hall–Kier alpha value is -2.83. The largest absolute Gasteiger partial charge is 0.463 e. The van der Waals surface area contributed by atoms with Crippen LogP contribution in [0.15, 0.2) is 65.9 Å². The van der Waals surface area contributed by atoms with Gasteiger partial charge in [-0.2, -0.15) is 0 Å². The van der Waals surface area contributed by atoms with Crippen molar-refractivity contribution in [3.63, 3.8) is 0 Å². The van der Waals surface area contributed by atoms with Crippen LogP contribution in [0.2, 0.25) is 5.02 Å². The minimum Gasteiger partial charge on any atom is -0.463 e. The molecule has 0 bridgehead atoms. The smallest absolute Gasteiger partial charge is 0.338 e. The Morgan fingerprint density at radius 1 is 1.14 bits per heavy atom. The maximum atomic E-state index is 12.8. The van der Waals surface area contributed by atoms with Crippen LogP contribution in [-0.2, 0) is 16.1 Å². The summed E-state index contributed by atoms with van der Waals surface area (Å²) in [5, 5.41) is 6.14. The number of halogens is 1. The van der Waals surface area contributed by atoms with E-state index in [-0.39, 0.29) is 12.6 Å². The Kier molecular flexibility index (Phi) is 6.90. The lowest BCUT2D eigenvalue weighted by Gasteiger charge is -2.31. The molecule has 7 heteroatoms. The van der Waals surface area contributed by atoms with Crippen molar-refractivity contribution in [1.82, 2.24) is 15.5 Å². The molecule has 6 nitrogen and oxygen atoms in total. The third-order valence-electron chi connectivity index (χ3n) is 4.55. The fraction of sp³-hybridized carbons (Fsp3) is 0.273. The van der Waals surface area contributed by atoms with Crippen molar-refractivity contribution in [2.24, 2.45) is 0 Å². The van der Waals surface area contributed by atoms with Crippen molar-refractivity contribution >= 4 is 23.6 Å². The van der Waals surface area contributed by atoms with Gasteiger partial charge in [0.15, 0.2) is 0 Å². The minimum atomic E-state index is -0.637. The normalized spacial score (nSPS) is 16.4. The van der Waals surface area contributed by atoms with Crippen LogP contribution in [0.4, 0.5) is 4.79 Å². The number of rotatable bonds is 7. The third kappa shape index (κ3) is 5.37. The summed E-state index contributed by atoms with van der Waals surface area (Å²) in [4.78, 5) is 27.2. The summed E-state index contributed by atoms with van der Waals surface area (Å²) in [5.74, 6) is -0.465. The Balaban J connectivity index is 1.94. The molecule has 0 saturated carbocycles. The zero-order chi connectivity index (χ0) is 20.8. The van der Waals surface area contributed by atoms with Crippen LogP contribution in [0.5, 0.6) is 0 Å². The number of carbonyl (C=O) groups is 2. The lowest BCUT2D eigenvalue weighted by molar-refractivity contribution is -0.139. The number of urea groups is 1. The van der Waals surface area contributed by atoms with Crippen LogP contribution in [-0.4, -0.2) is 37.1 Å². The SMILES string of the molecule is CCOC(=O)C1=C(CN(C)Cc2ccccc2)NC(=O)N[C@@H]1c1cccc(Cl)c1. The number of carbonyl (C=O) groups excluding carboxylic acids is 2. The van der Waals surface area contributed by atoms with Gasteiger partial charge in [0.25, 0.3) is 0 Å². The quantitative estimate of drug-likeness (QED) is 0.680. The molecular formula is C22H24ClN3O3. The van der Waals surface area contributed by atoms with E-state index in [1.54, 1.807) is 25.1 Å². The molecule has 2 aromatic carbocycles. The van der Waals surface area contributed by atoms with Gasteiger partial charge in [0.05, 0.1) is 18.2 Å². The highest BCUT2D eigenvalue weighted by Crippen LogP contribution is 2.29. The van der Waals surface area contributed by atoms with E-state index in [2.05, 4.69) is 10.6 Å². The van der Waals surface area contributed by atoms with Crippen LogP contribution in [0.25, 0.3) is 0 Å². The van der Waals surface area contributed by atoms with E-state index >= 15 is 0 Å². The summed E-state index contributed by atoms with van der Waals surface area (Å²) in [7, 11) is 1.94. The van der Waals surface area contributed by atoms with Gasteiger partial charge < -0.3 is 15.4 Å². The van der Waals surface area contributed by atoms with Gasteiger partial charge in [-0.3, -0.25) is 4.90 Å². The number of likely N-dealkylation sites (N-methyl/N-ethyl adjacent to an activating group) is 1. The molecule has 2 aromatic rings. The van der Waals surface area contributed by atoms with E-state index in [0.717, 1.165) is 11.1 Å². The molecule has 0 aliphatic carbocycles. The molecular weight excluding hydrogens is 390 g/mol. The third-order valence-corrected chi connectivity index (χ3v) is 4.79. The van der Waals surface area contributed by atoms with Gasteiger partial charge in [-0.15, -0.1) is 0 Å². The first-order valence-electron chi connectivity index (χ1n) is 9.43. The first kappa shape index (κ1) is 20.9. The molecule has 0 saturated heterocycles. The lowest BCUT2D eigenvalue weighted by atomic mass is 9.95. The Morgan fingerprint density at radius 3 is 2.59 bits per heavy atom. The zero-order valence-corrected chi connectivity index (χ0v) is 17.2.